The molecule has 0 N–H and O–H groups in total. The third kappa shape index (κ3) is 2.56. The van der Waals surface area contributed by atoms with Crippen molar-refractivity contribution in [3.8, 4) is 0 Å². The fraction of sp³-hybridized carbons (Fsp3) is 0.500. The molecule has 0 aliphatic rings. The van der Waals surface area contributed by atoms with Crippen molar-refractivity contribution in [2.75, 3.05) is 21.3 Å². The van der Waals surface area contributed by atoms with Gasteiger partial charge in [-0.05, 0) is 21.3 Å². The monoisotopic (exact) mass is 195 g/mol. The minimum absolute atomic E-state index is 0. The summed E-state index contributed by atoms with van der Waals surface area (Å²) in [6.45, 7) is -1.81. The van der Waals surface area contributed by atoms with Crippen LogP contribution in [0.4, 0.5) is 0 Å². The molecule has 0 aliphatic heterocycles. The average Bonchev–Trinajstić information content (AvgIpc) is 2.62. The van der Waals surface area contributed by atoms with E-state index in [-0.39, 0.29) is 18.9 Å². The van der Waals surface area contributed by atoms with Gasteiger partial charge in [-0.25, -0.2) is 0 Å². The van der Waals surface area contributed by atoms with Crippen molar-refractivity contribution >= 4 is 23.0 Å². The second-order valence-corrected chi connectivity index (χ2v) is 3.15. The van der Waals surface area contributed by atoms with E-state index in [1.54, 1.807) is 6.20 Å². The van der Waals surface area contributed by atoms with Crippen molar-refractivity contribution in [1.82, 2.24) is 4.98 Å². The Balaban J connectivity index is 0.00000144. The quantitative estimate of drug-likeness (QED) is 0.487. The Bertz CT molecular complexity index is 222. The third-order valence-electron chi connectivity index (χ3n) is 1.68. The summed E-state index contributed by atoms with van der Waals surface area (Å²) in [4.78, 5) is 4.78. The fourth-order valence-electron chi connectivity index (χ4n) is 1.00. The Morgan fingerprint density at radius 3 is 2.08 bits per heavy atom. The van der Waals surface area contributed by atoms with Crippen LogP contribution in [0.3, 0.4) is 0 Å². The summed E-state index contributed by atoms with van der Waals surface area (Å²) in [7, 11) is 4.61. The molecule has 13 heavy (non-hydrogen) atoms. The van der Waals surface area contributed by atoms with Crippen LogP contribution in [0.1, 0.15) is 0 Å². The summed E-state index contributed by atoms with van der Waals surface area (Å²) in [6.07, 6.45) is 1.69. The summed E-state index contributed by atoms with van der Waals surface area (Å²) >= 11 is 1.45. The average molecular weight is 195 g/mol. The van der Waals surface area contributed by atoms with Crippen LogP contribution in [0.15, 0.2) is 11.6 Å². The Kier molecular flexibility index (Phi) is 5.89. The molecule has 0 fully saturated rings. The van der Waals surface area contributed by atoms with Gasteiger partial charge in [0.15, 0.2) is 0 Å². The van der Waals surface area contributed by atoms with Gasteiger partial charge < -0.3 is 14.0 Å². The van der Waals surface area contributed by atoms with Crippen molar-refractivity contribution in [2.24, 2.45) is 0 Å². The van der Waals surface area contributed by atoms with Crippen LogP contribution in [0.2, 0.25) is 0 Å². The molecule has 4 nitrogen and oxygen atoms in total. The molecule has 0 saturated heterocycles. The van der Waals surface area contributed by atoms with E-state index in [9.17, 15) is 0 Å². The van der Waals surface area contributed by atoms with Crippen molar-refractivity contribution in [3.63, 3.8) is 0 Å². The van der Waals surface area contributed by atoms with Crippen molar-refractivity contribution in [2.45, 2.75) is 0 Å². The number of aromatic nitrogens is 1. The van der Waals surface area contributed by atoms with E-state index in [2.05, 4.69) is 4.98 Å². The molecule has 0 atom stereocenters. The van der Waals surface area contributed by atoms with E-state index in [1.807, 2.05) is 5.38 Å². The van der Waals surface area contributed by atoms with E-state index < -0.39 is 6.75 Å². The van der Waals surface area contributed by atoms with Gasteiger partial charge in [0.1, 0.15) is 0 Å². The molecule has 0 unspecified atom stereocenters. The van der Waals surface area contributed by atoms with E-state index in [4.69, 9.17) is 14.0 Å². The molecule has 0 aliphatic carbocycles. The van der Waals surface area contributed by atoms with Gasteiger partial charge in [-0.2, -0.15) is 11.3 Å². The first-order chi connectivity index (χ1) is 5.79. The van der Waals surface area contributed by atoms with Crippen LogP contribution in [0, 0.1) is 0 Å². The molecule has 1 heterocycles. The minimum Gasteiger partial charge on any atom is -0.542 e. The van der Waals surface area contributed by atoms with Gasteiger partial charge in [-0.15, -0.1) is 0 Å². The smallest absolute Gasteiger partial charge is 0.542 e. The number of hydrogen-bond donors (Lipinski definition) is 0. The number of nitrogens with zero attached hydrogens (tertiary/aromatic N) is 1. The fourth-order valence-corrected chi connectivity index (χ4v) is 1.84. The summed E-state index contributed by atoms with van der Waals surface area (Å²) in [5.41, 5.74) is 0. The van der Waals surface area contributed by atoms with Gasteiger partial charge in [-0.3, -0.25) is 4.98 Å². The zero-order chi connectivity index (χ0) is 9.03. The summed E-state index contributed by atoms with van der Waals surface area (Å²) in [5.74, 6) is 0. The summed E-state index contributed by atoms with van der Waals surface area (Å²) in [5, 5.41) is 1.85. The van der Waals surface area contributed by atoms with Gasteiger partial charge in [-0.1, -0.05) is 0 Å². The standard InChI is InChI=1S/C6H11BNO3S.Li/c1-9-7(10-2,11-3)6-8-4-5-12-6;/h4-5H,1-3H3;/q-1;+1. The predicted octanol–water partition coefficient (Wildman–Crippen LogP) is -2.77. The SMILES string of the molecule is CO[B-](OC)(OC)c1nccs1.[Li+]. The topological polar surface area (TPSA) is 40.6 Å². The first kappa shape index (κ1) is 13.2. The van der Waals surface area contributed by atoms with Crippen LogP contribution in [0.5, 0.6) is 0 Å². The van der Waals surface area contributed by atoms with E-state index in [1.165, 1.54) is 32.7 Å². The normalized spacial score (nSPS) is 11.0. The molecular formula is C6H11BLiNO3S. The first-order valence-electron chi connectivity index (χ1n) is 3.48. The molecule has 7 heteroatoms. The van der Waals surface area contributed by atoms with Gasteiger partial charge in [0, 0.05) is 16.5 Å². The first-order valence-corrected chi connectivity index (χ1v) is 4.36. The Morgan fingerprint density at radius 2 is 1.77 bits per heavy atom. The summed E-state index contributed by atoms with van der Waals surface area (Å²) in [6, 6.07) is 0. The molecule has 0 aromatic carbocycles. The van der Waals surface area contributed by atoms with Crippen LogP contribution < -0.4 is 23.8 Å². The minimum atomic E-state index is -1.81. The molecule has 68 valence electrons. The summed E-state index contributed by atoms with van der Waals surface area (Å²) < 4.78 is 15.4. The Hall–Kier alpha value is 0.172. The molecule has 0 amide bonds. The maximum Gasteiger partial charge on any atom is 1.00 e. The molecule has 1 aromatic heterocycles. The van der Waals surface area contributed by atoms with E-state index in [0.717, 1.165) is 0 Å². The molecule has 0 bridgehead atoms. The second kappa shape index (κ2) is 5.81. The predicted molar refractivity (Wildman–Crippen MR) is 48.5 cm³/mol. The largest absolute Gasteiger partial charge is 1.00 e. The van der Waals surface area contributed by atoms with E-state index in [0.29, 0.717) is 4.91 Å². The van der Waals surface area contributed by atoms with E-state index >= 15 is 0 Å². The maximum atomic E-state index is 5.15. The molecule has 0 saturated carbocycles. The van der Waals surface area contributed by atoms with Crippen LogP contribution in [0.25, 0.3) is 0 Å². The molecular weight excluding hydrogens is 184 g/mol. The van der Waals surface area contributed by atoms with Crippen LogP contribution >= 0.6 is 11.3 Å². The van der Waals surface area contributed by atoms with Crippen LogP contribution in [-0.4, -0.2) is 33.1 Å². The van der Waals surface area contributed by atoms with Crippen LogP contribution in [-0.2, 0) is 14.0 Å². The zero-order valence-corrected chi connectivity index (χ0v) is 9.13. The van der Waals surface area contributed by atoms with Crippen molar-refractivity contribution < 1.29 is 32.8 Å². The molecule has 1 aromatic rings. The number of thiazole rings is 1. The Labute approximate surface area is 93.8 Å². The maximum absolute atomic E-state index is 5.15. The number of rotatable bonds is 4. The third-order valence-corrected chi connectivity index (χ3v) is 2.58. The number of hydrogen-bond acceptors (Lipinski definition) is 5. The molecule has 0 radical (unpaired) electrons. The molecule has 1 rings (SSSR count). The zero-order valence-electron chi connectivity index (χ0n) is 8.31. The van der Waals surface area contributed by atoms with Gasteiger partial charge in [0.25, 0.3) is 0 Å². The van der Waals surface area contributed by atoms with Gasteiger partial charge in [0.2, 0.25) is 0 Å². The van der Waals surface area contributed by atoms with Crippen molar-refractivity contribution in [1.29, 1.82) is 0 Å². The van der Waals surface area contributed by atoms with Gasteiger partial charge in [0.05, 0.1) is 0 Å². The van der Waals surface area contributed by atoms with Crippen molar-refractivity contribution in [3.05, 3.63) is 11.6 Å². The molecule has 0 spiro atoms. The Morgan fingerprint density at radius 1 is 1.23 bits per heavy atom. The van der Waals surface area contributed by atoms with Gasteiger partial charge >= 0.3 is 25.6 Å². The second-order valence-electron chi connectivity index (χ2n) is 2.22.